The van der Waals surface area contributed by atoms with E-state index in [1.165, 1.54) is 0 Å². The first-order valence-electron chi connectivity index (χ1n) is 5.32. The second kappa shape index (κ2) is 7.25. The topological polar surface area (TPSA) is 49.3 Å². The summed E-state index contributed by atoms with van der Waals surface area (Å²) in [5.74, 6) is -0.0833. The Kier molecular flexibility index (Phi) is 5.90. The first-order chi connectivity index (χ1) is 7.77. The number of carbonyl (C=O) groups is 1. The predicted octanol–water partition coefficient (Wildman–Crippen LogP) is 2.34. The number of anilines is 1. The lowest BCUT2D eigenvalue weighted by atomic mass is 10.0. The number of hydrogen-bond donors (Lipinski definition) is 2. The van der Waals surface area contributed by atoms with Crippen LogP contribution in [-0.4, -0.2) is 24.5 Å². The molecule has 2 N–H and O–H groups in total. The Bertz CT molecular complexity index is 331. The molecule has 88 valence electrons. The van der Waals surface area contributed by atoms with Crippen molar-refractivity contribution in [2.24, 2.45) is 5.92 Å². The lowest BCUT2D eigenvalue weighted by Crippen LogP contribution is -2.11. The molecule has 1 aromatic carbocycles. The average molecular weight is 242 g/mol. The quantitative estimate of drug-likeness (QED) is 0.721. The molecule has 0 fully saturated rings. The highest BCUT2D eigenvalue weighted by Crippen LogP contribution is 2.20. The average Bonchev–Trinajstić information content (AvgIpc) is 2.30. The van der Waals surface area contributed by atoms with Crippen molar-refractivity contribution < 1.29 is 9.90 Å². The van der Waals surface area contributed by atoms with Crippen LogP contribution in [0.3, 0.4) is 0 Å². The van der Waals surface area contributed by atoms with Crippen LogP contribution in [0.1, 0.15) is 12.8 Å². The van der Waals surface area contributed by atoms with Gasteiger partial charge in [-0.15, -0.1) is 0 Å². The Balaban J connectivity index is 2.35. The van der Waals surface area contributed by atoms with Crippen molar-refractivity contribution in [2.75, 3.05) is 18.5 Å². The molecule has 0 amide bonds. The number of carbonyl (C=O) groups excluding carboxylic acids is 1. The first-order valence-corrected chi connectivity index (χ1v) is 5.70. The number of aliphatic hydroxyl groups excluding tert-OH is 1. The summed E-state index contributed by atoms with van der Waals surface area (Å²) < 4.78 is 0. The summed E-state index contributed by atoms with van der Waals surface area (Å²) in [6, 6.07) is 7.48. The smallest absolute Gasteiger partial charge is 0.123 e. The van der Waals surface area contributed by atoms with Gasteiger partial charge in [-0.1, -0.05) is 23.7 Å². The zero-order valence-electron chi connectivity index (χ0n) is 9.03. The van der Waals surface area contributed by atoms with Crippen LogP contribution >= 0.6 is 11.6 Å². The van der Waals surface area contributed by atoms with Crippen LogP contribution in [0.15, 0.2) is 24.3 Å². The fraction of sp³-hybridized carbons (Fsp3) is 0.417. The van der Waals surface area contributed by atoms with Gasteiger partial charge in [0.2, 0.25) is 0 Å². The van der Waals surface area contributed by atoms with Crippen LogP contribution in [0.25, 0.3) is 0 Å². The third kappa shape index (κ3) is 4.21. The summed E-state index contributed by atoms with van der Waals surface area (Å²) >= 11 is 5.96. The molecule has 1 unspecified atom stereocenters. The summed E-state index contributed by atoms with van der Waals surface area (Å²) in [7, 11) is 0. The Labute approximate surface area is 100 Å². The Morgan fingerprint density at radius 1 is 1.38 bits per heavy atom. The van der Waals surface area contributed by atoms with Gasteiger partial charge in [-0.2, -0.15) is 0 Å². The maximum atomic E-state index is 10.6. The predicted molar refractivity (Wildman–Crippen MR) is 65.8 cm³/mol. The van der Waals surface area contributed by atoms with E-state index in [1.807, 2.05) is 24.3 Å². The largest absolute Gasteiger partial charge is 0.396 e. The number of nitrogens with one attached hydrogen (secondary N) is 1. The second-order valence-corrected chi connectivity index (χ2v) is 4.01. The zero-order valence-corrected chi connectivity index (χ0v) is 9.78. The molecule has 4 heteroatoms. The molecule has 0 radical (unpaired) electrons. The van der Waals surface area contributed by atoms with E-state index in [0.717, 1.165) is 12.0 Å². The number of aliphatic hydroxyl groups is 1. The third-order valence-electron chi connectivity index (χ3n) is 2.40. The zero-order chi connectivity index (χ0) is 11.8. The van der Waals surface area contributed by atoms with Gasteiger partial charge >= 0.3 is 0 Å². The molecule has 0 aromatic heterocycles. The molecule has 16 heavy (non-hydrogen) atoms. The maximum Gasteiger partial charge on any atom is 0.123 e. The summed E-state index contributed by atoms with van der Waals surface area (Å²) in [6.45, 7) is 0.725. The van der Waals surface area contributed by atoms with Crippen LogP contribution in [0, 0.1) is 5.92 Å². The molecule has 0 aliphatic heterocycles. The molecule has 1 aromatic rings. The number of rotatable bonds is 7. The van der Waals surface area contributed by atoms with Crippen LogP contribution in [-0.2, 0) is 4.79 Å². The second-order valence-electron chi connectivity index (χ2n) is 3.60. The molecule has 1 rings (SSSR count). The van der Waals surface area contributed by atoms with Gasteiger partial charge in [0, 0.05) is 19.1 Å². The van der Waals surface area contributed by atoms with Gasteiger partial charge < -0.3 is 15.2 Å². The fourth-order valence-corrected chi connectivity index (χ4v) is 1.65. The van der Waals surface area contributed by atoms with Crippen LogP contribution in [0.5, 0.6) is 0 Å². The van der Waals surface area contributed by atoms with E-state index in [0.29, 0.717) is 24.4 Å². The van der Waals surface area contributed by atoms with Crippen molar-refractivity contribution in [3.8, 4) is 0 Å². The molecule has 0 aliphatic carbocycles. The van der Waals surface area contributed by atoms with Gasteiger partial charge in [0.15, 0.2) is 0 Å². The monoisotopic (exact) mass is 241 g/mol. The van der Waals surface area contributed by atoms with E-state index >= 15 is 0 Å². The molecule has 0 aliphatic rings. The van der Waals surface area contributed by atoms with Gasteiger partial charge in [-0.05, 0) is 25.0 Å². The lowest BCUT2D eigenvalue weighted by Gasteiger charge is -2.11. The van der Waals surface area contributed by atoms with Crippen molar-refractivity contribution in [3.05, 3.63) is 29.3 Å². The molecule has 1 atom stereocenters. The van der Waals surface area contributed by atoms with Gasteiger partial charge in [0.25, 0.3) is 0 Å². The van der Waals surface area contributed by atoms with E-state index in [4.69, 9.17) is 16.7 Å². The van der Waals surface area contributed by atoms with Crippen molar-refractivity contribution in [1.82, 2.24) is 0 Å². The summed E-state index contributed by atoms with van der Waals surface area (Å²) in [5, 5.41) is 12.6. The van der Waals surface area contributed by atoms with Crippen LogP contribution in [0.2, 0.25) is 5.02 Å². The molecule has 0 bridgehead atoms. The van der Waals surface area contributed by atoms with E-state index < -0.39 is 0 Å². The highest BCUT2D eigenvalue weighted by atomic mass is 35.5. The lowest BCUT2D eigenvalue weighted by molar-refractivity contribution is -0.111. The van der Waals surface area contributed by atoms with Crippen molar-refractivity contribution in [2.45, 2.75) is 12.8 Å². The number of aldehydes is 1. The SMILES string of the molecule is O=CC(CCO)CCNc1ccccc1Cl. The number of benzene rings is 1. The van der Waals surface area contributed by atoms with Gasteiger partial charge in [0.1, 0.15) is 6.29 Å². The van der Waals surface area contributed by atoms with Crippen molar-refractivity contribution >= 4 is 23.6 Å². The Morgan fingerprint density at radius 3 is 2.75 bits per heavy atom. The summed E-state index contributed by atoms with van der Waals surface area (Å²) in [6.07, 6.45) is 2.12. The maximum absolute atomic E-state index is 10.6. The summed E-state index contributed by atoms with van der Waals surface area (Å²) in [5.41, 5.74) is 0.873. The molecular formula is C12H16ClNO2. The van der Waals surface area contributed by atoms with Crippen molar-refractivity contribution in [3.63, 3.8) is 0 Å². The van der Waals surface area contributed by atoms with Crippen molar-refractivity contribution in [1.29, 1.82) is 0 Å². The number of para-hydroxylation sites is 1. The minimum absolute atomic E-state index is 0.0511. The highest BCUT2D eigenvalue weighted by molar-refractivity contribution is 6.33. The van der Waals surface area contributed by atoms with E-state index in [1.54, 1.807) is 0 Å². The molecule has 3 nitrogen and oxygen atoms in total. The summed E-state index contributed by atoms with van der Waals surface area (Å²) in [4.78, 5) is 10.6. The fourth-order valence-electron chi connectivity index (χ4n) is 1.44. The van der Waals surface area contributed by atoms with Gasteiger partial charge in [-0.25, -0.2) is 0 Å². The van der Waals surface area contributed by atoms with E-state index in [9.17, 15) is 4.79 Å². The molecular weight excluding hydrogens is 226 g/mol. The van der Waals surface area contributed by atoms with Gasteiger partial charge in [-0.3, -0.25) is 0 Å². The molecule has 0 saturated carbocycles. The Morgan fingerprint density at radius 2 is 2.12 bits per heavy atom. The van der Waals surface area contributed by atoms with E-state index in [-0.39, 0.29) is 12.5 Å². The minimum atomic E-state index is -0.0833. The van der Waals surface area contributed by atoms with E-state index in [2.05, 4.69) is 5.32 Å². The van der Waals surface area contributed by atoms with Gasteiger partial charge in [0.05, 0.1) is 10.7 Å². The van der Waals surface area contributed by atoms with Crippen LogP contribution in [0.4, 0.5) is 5.69 Å². The number of hydrogen-bond acceptors (Lipinski definition) is 3. The first kappa shape index (κ1) is 13.0. The molecule has 0 heterocycles. The number of halogens is 1. The third-order valence-corrected chi connectivity index (χ3v) is 2.73. The normalized spacial score (nSPS) is 12.1. The Hall–Kier alpha value is -1.06. The highest BCUT2D eigenvalue weighted by Gasteiger charge is 2.06. The molecule has 0 spiro atoms. The van der Waals surface area contributed by atoms with Crippen LogP contribution < -0.4 is 5.32 Å². The minimum Gasteiger partial charge on any atom is -0.396 e. The molecule has 0 saturated heterocycles. The standard InChI is InChI=1S/C12H16ClNO2/c13-11-3-1-2-4-12(11)14-7-5-10(9-16)6-8-15/h1-4,9-10,14-15H,5-8H2.